The van der Waals surface area contributed by atoms with Gasteiger partial charge in [-0.2, -0.15) is 0 Å². The lowest BCUT2D eigenvalue weighted by atomic mass is 10.2. The number of hydrogen-bond donors (Lipinski definition) is 2. The van der Waals surface area contributed by atoms with E-state index in [4.69, 9.17) is 4.42 Å². The molecule has 1 heterocycles. The summed E-state index contributed by atoms with van der Waals surface area (Å²) in [6.45, 7) is 2.70. The van der Waals surface area contributed by atoms with E-state index in [-0.39, 0.29) is 24.4 Å². The first-order valence-electron chi connectivity index (χ1n) is 7.16. The second kappa shape index (κ2) is 9.23. The molecule has 22 heavy (non-hydrogen) atoms. The van der Waals surface area contributed by atoms with Gasteiger partial charge in [0.05, 0.1) is 6.20 Å². The van der Waals surface area contributed by atoms with Crippen molar-refractivity contribution in [2.24, 2.45) is 0 Å². The van der Waals surface area contributed by atoms with Crippen molar-refractivity contribution < 1.29 is 9.21 Å². The van der Waals surface area contributed by atoms with E-state index in [1.807, 2.05) is 44.3 Å². The third kappa shape index (κ3) is 5.16. The van der Waals surface area contributed by atoms with Gasteiger partial charge in [-0.05, 0) is 26.9 Å². The van der Waals surface area contributed by atoms with Gasteiger partial charge in [-0.1, -0.05) is 30.3 Å². The molecule has 2 N–H and O–H groups in total. The third-order valence-electron chi connectivity index (χ3n) is 3.16. The van der Waals surface area contributed by atoms with Gasteiger partial charge in [0.2, 0.25) is 11.8 Å². The largest absolute Gasteiger partial charge is 0.438 e. The summed E-state index contributed by atoms with van der Waals surface area (Å²) in [5, 5.41) is 5.92. The number of oxazole rings is 1. The van der Waals surface area contributed by atoms with Crippen LogP contribution < -0.4 is 10.6 Å². The molecule has 1 atom stereocenters. The molecule has 0 saturated carbocycles. The van der Waals surface area contributed by atoms with Crippen LogP contribution in [0.4, 0.5) is 0 Å². The highest BCUT2D eigenvalue weighted by Crippen LogP contribution is 2.22. The molecule has 120 valence electrons. The predicted molar refractivity (Wildman–Crippen MR) is 88.9 cm³/mol. The second-order valence-electron chi connectivity index (χ2n) is 4.93. The summed E-state index contributed by atoms with van der Waals surface area (Å²) in [4.78, 5) is 16.0. The molecule has 0 aliphatic carbocycles. The molecule has 1 aromatic heterocycles. The Morgan fingerprint density at radius 2 is 2.05 bits per heavy atom. The topological polar surface area (TPSA) is 67.2 Å². The summed E-state index contributed by atoms with van der Waals surface area (Å²) >= 11 is 0. The maximum atomic E-state index is 11.8. The number of hydrogen-bond acceptors (Lipinski definition) is 4. The average Bonchev–Trinajstić information content (AvgIpc) is 2.98. The first kappa shape index (κ1) is 18.2. The van der Waals surface area contributed by atoms with Crippen LogP contribution in [0.1, 0.15) is 31.7 Å². The van der Waals surface area contributed by atoms with E-state index in [9.17, 15) is 4.79 Å². The van der Waals surface area contributed by atoms with E-state index in [0.717, 1.165) is 18.5 Å². The molecule has 0 fully saturated rings. The Morgan fingerprint density at radius 3 is 2.73 bits per heavy atom. The fourth-order valence-corrected chi connectivity index (χ4v) is 2.02. The first-order chi connectivity index (χ1) is 10.2. The van der Waals surface area contributed by atoms with Crippen molar-refractivity contribution in [2.45, 2.75) is 25.8 Å². The van der Waals surface area contributed by atoms with E-state index in [0.29, 0.717) is 18.1 Å². The van der Waals surface area contributed by atoms with Gasteiger partial charge in [0.1, 0.15) is 6.04 Å². The van der Waals surface area contributed by atoms with Crippen LogP contribution in [0.25, 0.3) is 11.3 Å². The van der Waals surface area contributed by atoms with Gasteiger partial charge in [-0.3, -0.25) is 4.79 Å². The van der Waals surface area contributed by atoms with Crippen molar-refractivity contribution in [3.8, 4) is 11.3 Å². The summed E-state index contributed by atoms with van der Waals surface area (Å²) in [5.41, 5.74) is 0.976. The van der Waals surface area contributed by atoms with Crippen LogP contribution in [0, 0.1) is 0 Å². The Balaban J connectivity index is 0.00000242. The van der Waals surface area contributed by atoms with Crippen LogP contribution in [0.3, 0.4) is 0 Å². The van der Waals surface area contributed by atoms with Crippen molar-refractivity contribution in [3.05, 3.63) is 42.4 Å². The Kier molecular flexibility index (Phi) is 7.63. The normalized spacial score (nSPS) is 11.5. The number of aromatic nitrogens is 1. The Bertz CT molecular complexity index is 572. The van der Waals surface area contributed by atoms with E-state index < -0.39 is 0 Å². The monoisotopic (exact) mass is 323 g/mol. The minimum atomic E-state index is -0.232. The SMILES string of the molecule is CNCCCC(=O)NC(C)c1ncc(-c2ccccc2)o1.Cl. The zero-order valence-corrected chi connectivity index (χ0v) is 13.7. The number of rotatable bonds is 7. The Labute approximate surface area is 136 Å². The number of nitrogens with zero attached hydrogens (tertiary/aromatic N) is 1. The van der Waals surface area contributed by atoms with E-state index >= 15 is 0 Å². The minimum Gasteiger partial charge on any atom is -0.438 e. The van der Waals surface area contributed by atoms with Crippen molar-refractivity contribution in [3.63, 3.8) is 0 Å². The molecule has 1 amide bonds. The van der Waals surface area contributed by atoms with Crippen molar-refractivity contribution in [1.29, 1.82) is 0 Å². The maximum Gasteiger partial charge on any atom is 0.220 e. The van der Waals surface area contributed by atoms with Gasteiger partial charge in [0.25, 0.3) is 0 Å². The summed E-state index contributed by atoms with van der Waals surface area (Å²) in [7, 11) is 1.87. The molecule has 0 bridgehead atoms. The quantitative estimate of drug-likeness (QED) is 0.769. The van der Waals surface area contributed by atoms with Crippen LogP contribution in [-0.2, 0) is 4.79 Å². The number of halogens is 1. The van der Waals surface area contributed by atoms with Crippen LogP contribution in [0.5, 0.6) is 0 Å². The molecular weight excluding hydrogens is 302 g/mol. The van der Waals surface area contributed by atoms with Crippen LogP contribution in [0.15, 0.2) is 40.9 Å². The average molecular weight is 324 g/mol. The smallest absolute Gasteiger partial charge is 0.220 e. The van der Waals surface area contributed by atoms with Crippen LogP contribution in [0.2, 0.25) is 0 Å². The lowest BCUT2D eigenvalue weighted by Gasteiger charge is -2.10. The molecule has 5 nitrogen and oxygen atoms in total. The molecule has 2 aromatic rings. The molecule has 0 spiro atoms. The lowest BCUT2D eigenvalue weighted by Crippen LogP contribution is -2.27. The van der Waals surface area contributed by atoms with E-state index in [2.05, 4.69) is 15.6 Å². The maximum absolute atomic E-state index is 11.8. The number of carbonyl (C=O) groups is 1. The molecule has 2 rings (SSSR count). The van der Waals surface area contributed by atoms with Gasteiger partial charge in [-0.15, -0.1) is 12.4 Å². The number of nitrogens with one attached hydrogen (secondary N) is 2. The number of carbonyl (C=O) groups excluding carboxylic acids is 1. The minimum absolute atomic E-state index is 0. The number of benzene rings is 1. The van der Waals surface area contributed by atoms with E-state index in [1.165, 1.54) is 0 Å². The van der Waals surface area contributed by atoms with Crippen molar-refractivity contribution >= 4 is 18.3 Å². The van der Waals surface area contributed by atoms with Crippen molar-refractivity contribution in [2.75, 3.05) is 13.6 Å². The summed E-state index contributed by atoms with van der Waals surface area (Å²) in [5.74, 6) is 1.25. The first-order valence-corrected chi connectivity index (χ1v) is 7.16. The highest BCUT2D eigenvalue weighted by atomic mass is 35.5. The van der Waals surface area contributed by atoms with Gasteiger partial charge >= 0.3 is 0 Å². The fourth-order valence-electron chi connectivity index (χ4n) is 2.02. The second-order valence-corrected chi connectivity index (χ2v) is 4.93. The van der Waals surface area contributed by atoms with Crippen LogP contribution in [-0.4, -0.2) is 24.5 Å². The zero-order valence-electron chi connectivity index (χ0n) is 12.8. The molecule has 0 aliphatic heterocycles. The third-order valence-corrected chi connectivity index (χ3v) is 3.16. The van der Waals surface area contributed by atoms with Gasteiger partial charge in [-0.25, -0.2) is 4.98 Å². The Morgan fingerprint density at radius 1 is 1.32 bits per heavy atom. The summed E-state index contributed by atoms with van der Waals surface area (Å²) in [6.07, 6.45) is 3.00. The molecule has 1 unspecified atom stereocenters. The molecule has 0 saturated heterocycles. The molecule has 6 heteroatoms. The zero-order chi connectivity index (χ0) is 15.1. The van der Waals surface area contributed by atoms with Crippen molar-refractivity contribution in [1.82, 2.24) is 15.6 Å². The highest BCUT2D eigenvalue weighted by molar-refractivity contribution is 5.85. The molecule has 0 aliphatic rings. The summed E-state index contributed by atoms with van der Waals surface area (Å²) in [6, 6.07) is 9.55. The lowest BCUT2D eigenvalue weighted by molar-refractivity contribution is -0.121. The molecule has 1 aromatic carbocycles. The van der Waals surface area contributed by atoms with Gasteiger partial charge in [0, 0.05) is 12.0 Å². The van der Waals surface area contributed by atoms with Crippen LogP contribution >= 0.6 is 12.4 Å². The predicted octanol–water partition coefficient (Wildman–Crippen LogP) is 2.94. The van der Waals surface area contributed by atoms with Gasteiger partial charge in [0.15, 0.2) is 5.76 Å². The number of amides is 1. The Hall–Kier alpha value is -1.85. The fraction of sp³-hybridized carbons (Fsp3) is 0.375. The van der Waals surface area contributed by atoms with Gasteiger partial charge < -0.3 is 15.1 Å². The molecule has 0 radical (unpaired) electrons. The van der Waals surface area contributed by atoms with E-state index in [1.54, 1.807) is 6.20 Å². The summed E-state index contributed by atoms with van der Waals surface area (Å²) < 4.78 is 5.72. The highest BCUT2D eigenvalue weighted by Gasteiger charge is 2.15. The molecular formula is C16H22ClN3O2. The standard InChI is InChI=1S/C16H21N3O2.ClH/c1-12(19-15(20)9-6-10-17-2)16-18-11-14(21-16)13-7-4-3-5-8-13;/h3-5,7-8,11-12,17H,6,9-10H2,1-2H3,(H,19,20);1H.